The number of carbonyl (C=O) groups is 2. The summed E-state index contributed by atoms with van der Waals surface area (Å²) in [6.45, 7) is 1.94. The van der Waals surface area contributed by atoms with Crippen molar-refractivity contribution in [1.82, 2.24) is 0 Å². The fourth-order valence-corrected chi connectivity index (χ4v) is 4.99. The summed E-state index contributed by atoms with van der Waals surface area (Å²) in [5.74, 6) is -1.23. The molecule has 3 heteroatoms. The number of carbonyl (C=O) groups excluding carboxylic acids is 2. The lowest BCUT2D eigenvalue weighted by Gasteiger charge is -2.32. The second kappa shape index (κ2) is 7.42. The van der Waals surface area contributed by atoms with Crippen LogP contribution in [0.4, 0.5) is 5.69 Å². The van der Waals surface area contributed by atoms with Crippen LogP contribution >= 0.6 is 0 Å². The number of amides is 2. The lowest BCUT2D eigenvalue weighted by molar-refractivity contribution is -0.122. The summed E-state index contributed by atoms with van der Waals surface area (Å²) >= 11 is 0. The average Bonchev–Trinajstić information content (AvgIpc) is 3.06. The van der Waals surface area contributed by atoms with E-state index in [1.807, 2.05) is 91.9 Å². The summed E-state index contributed by atoms with van der Waals surface area (Å²) in [5.41, 5.74) is 3.77. The van der Waals surface area contributed by atoms with Gasteiger partial charge in [0.2, 0.25) is 11.8 Å². The van der Waals surface area contributed by atoms with E-state index in [0.717, 1.165) is 16.7 Å². The Bertz CT molecular complexity index is 1050. The first-order valence-electron chi connectivity index (χ1n) is 10.4. The number of anilines is 1. The molecule has 5 rings (SSSR count). The molecule has 3 nitrogen and oxygen atoms in total. The van der Waals surface area contributed by atoms with Crippen molar-refractivity contribution in [2.45, 2.75) is 18.8 Å². The highest BCUT2D eigenvalue weighted by atomic mass is 16.2. The van der Waals surface area contributed by atoms with E-state index in [0.29, 0.717) is 5.69 Å². The Balaban J connectivity index is 1.65. The molecule has 148 valence electrons. The van der Waals surface area contributed by atoms with E-state index in [1.54, 1.807) is 0 Å². The number of para-hydroxylation sites is 1. The fourth-order valence-electron chi connectivity index (χ4n) is 4.99. The van der Waals surface area contributed by atoms with Gasteiger partial charge in [-0.05, 0) is 29.7 Å². The Hall–Kier alpha value is -3.46. The van der Waals surface area contributed by atoms with Gasteiger partial charge in [-0.25, -0.2) is 4.90 Å². The van der Waals surface area contributed by atoms with E-state index in [9.17, 15) is 9.59 Å². The highest BCUT2D eigenvalue weighted by Crippen LogP contribution is 2.50. The van der Waals surface area contributed by atoms with Gasteiger partial charge in [-0.15, -0.1) is 0 Å². The molecule has 3 aromatic carbocycles. The Morgan fingerprint density at radius 2 is 1.03 bits per heavy atom. The Morgan fingerprint density at radius 3 is 1.50 bits per heavy atom. The number of allylic oxidation sites excluding steroid dienone is 2. The molecule has 30 heavy (non-hydrogen) atoms. The predicted molar refractivity (Wildman–Crippen MR) is 118 cm³/mol. The minimum Gasteiger partial charge on any atom is -0.274 e. The van der Waals surface area contributed by atoms with E-state index in [1.165, 1.54) is 4.90 Å². The lowest BCUT2D eigenvalue weighted by atomic mass is 9.68. The molecule has 0 aromatic heterocycles. The third-order valence-corrected chi connectivity index (χ3v) is 6.42. The number of nitrogens with zero attached hydrogens (tertiary/aromatic N) is 1. The van der Waals surface area contributed by atoms with Gasteiger partial charge < -0.3 is 0 Å². The second-order valence-electron chi connectivity index (χ2n) is 8.11. The van der Waals surface area contributed by atoms with E-state index in [2.05, 4.69) is 12.2 Å². The van der Waals surface area contributed by atoms with Crippen LogP contribution < -0.4 is 4.90 Å². The van der Waals surface area contributed by atoms with Gasteiger partial charge in [0, 0.05) is 11.8 Å². The van der Waals surface area contributed by atoms with Crippen LogP contribution in [0, 0.1) is 18.8 Å². The molecule has 0 saturated carbocycles. The average molecular weight is 393 g/mol. The molecule has 1 heterocycles. The molecule has 1 saturated heterocycles. The highest BCUT2D eigenvalue weighted by molar-refractivity contribution is 6.23. The molecule has 1 fully saturated rings. The van der Waals surface area contributed by atoms with Crippen molar-refractivity contribution in [2.75, 3.05) is 4.90 Å². The summed E-state index contributed by atoms with van der Waals surface area (Å²) < 4.78 is 0. The molecule has 2 aliphatic rings. The van der Waals surface area contributed by atoms with Crippen molar-refractivity contribution in [3.63, 3.8) is 0 Å². The number of aryl methyl sites for hydroxylation is 1. The molecule has 0 bridgehead atoms. The summed E-state index contributed by atoms with van der Waals surface area (Å²) in [7, 11) is 0. The number of rotatable bonds is 3. The van der Waals surface area contributed by atoms with Gasteiger partial charge in [0.05, 0.1) is 17.5 Å². The van der Waals surface area contributed by atoms with Gasteiger partial charge in [0.1, 0.15) is 0 Å². The Kier molecular flexibility index (Phi) is 4.59. The van der Waals surface area contributed by atoms with Crippen molar-refractivity contribution in [2.24, 2.45) is 11.8 Å². The third kappa shape index (κ3) is 2.89. The molecular weight excluding hydrogens is 370 g/mol. The Morgan fingerprint density at radius 1 is 0.600 bits per heavy atom. The quantitative estimate of drug-likeness (QED) is 0.451. The van der Waals surface area contributed by atoms with E-state index in [4.69, 9.17) is 0 Å². The molecule has 3 aromatic rings. The number of hydrogen-bond acceptors (Lipinski definition) is 2. The van der Waals surface area contributed by atoms with Gasteiger partial charge in [-0.3, -0.25) is 9.59 Å². The molecule has 1 aliphatic carbocycles. The Labute approximate surface area is 176 Å². The van der Waals surface area contributed by atoms with Crippen LogP contribution in [0.1, 0.15) is 28.5 Å². The molecule has 4 unspecified atom stereocenters. The van der Waals surface area contributed by atoms with Crippen LogP contribution in [-0.2, 0) is 9.59 Å². The van der Waals surface area contributed by atoms with Crippen molar-refractivity contribution in [1.29, 1.82) is 0 Å². The minimum atomic E-state index is -0.408. The zero-order valence-corrected chi connectivity index (χ0v) is 16.8. The van der Waals surface area contributed by atoms with E-state index >= 15 is 0 Å². The van der Waals surface area contributed by atoms with Crippen LogP contribution in [0.25, 0.3) is 0 Å². The molecule has 2 amide bonds. The van der Waals surface area contributed by atoms with Gasteiger partial charge in [-0.1, -0.05) is 91.0 Å². The number of fused-ring (bicyclic) bond motifs is 1. The van der Waals surface area contributed by atoms with Gasteiger partial charge in [0.15, 0.2) is 0 Å². The third-order valence-electron chi connectivity index (χ3n) is 6.42. The molecule has 4 atom stereocenters. The molecule has 0 N–H and O–H groups in total. The van der Waals surface area contributed by atoms with E-state index < -0.39 is 11.8 Å². The van der Waals surface area contributed by atoms with E-state index in [-0.39, 0.29) is 23.7 Å². The normalized spacial score (nSPS) is 25.4. The molecule has 0 radical (unpaired) electrons. The number of hydrogen-bond donors (Lipinski definition) is 0. The zero-order valence-electron chi connectivity index (χ0n) is 16.8. The molecule has 0 spiro atoms. The first kappa shape index (κ1) is 18.6. The zero-order chi connectivity index (χ0) is 20.7. The van der Waals surface area contributed by atoms with Crippen LogP contribution in [0.3, 0.4) is 0 Å². The maximum atomic E-state index is 13.7. The summed E-state index contributed by atoms with van der Waals surface area (Å²) in [4.78, 5) is 28.9. The summed E-state index contributed by atoms with van der Waals surface area (Å²) in [5, 5.41) is 0. The van der Waals surface area contributed by atoms with Crippen molar-refractivity contribution >= 4 is 17.5 Å². The standard InChI is InChI=1S/C27H23NO2/c1-18-10-8-9-15-23(18)28-26(29)24-21(19-11-4-2-5-12-19)16-17-22(25(24)27(28)30)20-13-6-3-7-14-20/h2-17,21-22,24-25H,1H3. The van der Waals surface area contributed by atoms with Crippen molar-refractivity contribution < 1.29 is 9.59 Å². The summed E-state index contributed by atoms with van der Waals surface area (Å²) in [6.07, 6.45) is 4.25. The fraction of sp³-hybridized carbons (Fsp3) is 0.185. The van der Waals surface area contributed by atoms with Crippen LogP contribution in [0.5, 0.6) is 0 Å². The van der Waals surface area contributed by atoms with Gasteiger partial charge in [0.25, 0.3) is 0 Å². The maximum absolute atomic E-state index is 13.7. The lowest BCUT2D eigenvalue weighted by Crippen LogP contribution is -2.32. The monoisotopic (exact) mass is 393 g/mol. The SMILES string of the molecule is Cc1ccccc1N1C(=O)C2C(c3ccccc3)C=CC(c3ccccc3)C2C1=O. The van der Waals surface area contributed by atoms with Crippen LogP contribution in [0.15, 0.2) is 97.1 Å². The molecular formula is C27H23NO2. The number of benzene rings is 3. The highest BCUT2D eigenvalue weighted by Gasteiger charge is 2.55. The number of imide groups is 1. The van der Waals surface area contributed by atoms with Gasteiger partial charge in [-0.2, -0.15) is 0 Å². The topological polar surface area (TPSA) is 37.4 Å². The maximum Gasteiger partial charge on any atom is 0.238 e. The van der Waals surface area contributed by atoms with Crippen molar-refractivity contribution in [3.8, 4) is 0 Å². The predicted octanol–water partition coefficient (Wildman–Crippen LogP) is 5.24. The second-order valence-corrected chi connectivity index (χ2v) is 8.11. The first-order valence-corrected chi connectivity index (χ1v) is 10.4. The van der Waals surface area contributed by atoms with Gasteiger partial charge >= 0.3 is 0 Å². The van der Waals surface area contributed by atoms with Crippen LogP contribution in [0.2, 0.25) is 0 Å². The molecule has 1 aliphatic heterocycles. The summed E-state index contributed by atoms with van der Waals surface area (Å²) in [6, 6.07) is 27.7. The van der Waals surface area contributed by atoms with Crippen LogP contribution in [-0.4, -0.2) is 11.8 Å². The largest absolute Gasteiger partial charge is 0.274 e. The van der Waals surface area contributed by atoms with Crippen molar-refractivity contribution in [3.05, 3.63) is 114 Å². The minimum absolute atomic E-state index is 0.0987. The first-order chi connectivity index (χ1) is 14.7. The smallest absolute Gasteiger partial charge is 0.238 e.